The Balaban J connectivity index is 2.60. The molecule has 0 saturated heterocycles. The van der Waals surface area contributed by atoms with E-state index in [4.69, 9.17) is 21.1 Å². The molecule has 7 nitrogen and oxygen atoms in total. The van der Waals surface area contributed by atoms with E-state index in [9.17, 15) is 18.4 Å². The van der Waals surface area contributed by atoms with Crippen molar-refractivity contribution < 1.29 is 32.6 Å². The van der Waals surface area contributed by atoms with Crippen molar-refractivity contribution >= 4 is 23.6 Å². The van der Waals surface area contributed by atoms with Crippen LogP contribution >= 0.6 is 11.6 Å². The Bertz CT molecular complexity index is 800. The smallest absolute Gasteiger partial charge is 0.387 e. The first kappa shape index (κ1) is 21.7. The highest BCUT2D eigenvalue weighted by molar-refractivity contribution is 6.32. The summed E-state index contributed by atoms with van der Waals surface area (Å²) in [6, 6.07) is 1.39. The second-order valence-corrected chi connectivity index (χ2v) is 6.17. The maximum Gasteiger partial charge on any atom is 0.387 e. The third kappa shape index (κ3) is 4.30. The van der Waals surface area contributed by atoms with Gasteiger partial charge in [-0.2, -0.15) is 8.78 Å². The zero-order valence-corrected chi connectivity index (χ0v) is 16.6. The molecule has 28 heavy (non-hydrogen) atoms. The van der Waals surface area contributed by atoms with Gasteiger partial charge in [0.2, 0.25) is 0 Å². The first-order chi connectivity index (χ1) is 13.2. The van der Waals surface area contributed by atoms with E-state index >= 15 is 0 Å². The van der Waals surface area contributed by atoms with Gasteiger partial charge in [-0.25, -0.2) is 9.59 Å². The van der Waals surface area contributed by atoms with Gasteiger partial charge in [0.05, 0.1) is 30.4 Å². The SMILES string of the molecule is CCOC(=O)C1=C(C)N(CC)C(=O)N[C@@H]1c1cc(Cl)c(OC(F)F)c(OC)c1. The fraction of sp³-hybridized carbons (Fsp3) is 0.444. The topological polar surface area (TPSA) is 77.1 Å². The minimum Gasteiger partial charge on any atom is -0.493 e. The van der Waals surface area contributed by atoms with Crippen LogP contribution in [0.5, 0.6) is 11.5 Å². The minimum absolute atomic E-state index is 0.0594. The van der Waals surface area contributed by atoms with Crippen molar-refractivity contribution in [3.63, 3.8) is 0 Å². The fourth-order valence-corrected chi connectivity index (χ4v) is 3.26. The molecule has 2 amide bonds. The maximum atomic E-state index is 12.6. The number of allylic oxidation sites excluding steroid dienone is 1. The first-order valence-corrected chi connectivity index (χ1v) is 8.91. The number of alkyl halides is 2. The van der Waals surface area contributed by atoms with E-state index in [-0.39, 0.29) is 28.7 Å². The number of amides is 2. The van der Waals surface area contributed by atoms with E-state index in [0.717, 1.165) is 0 Å². The van der Waals surface area contributed by atoms with Crippen molar-refractivity contribution in [3.8, 4) is 11.5 Å². The standard InChI is InChI=1S/C18H21ClF2N2O5/c1-5-23-9(3)13(16(24)27-6-2)14(22-18(23)25)10-7-11(19)15(28-17(20)21)12(8-10)26-4/h7-8,14,17H,5-6H2,1-4H3,(H,22,25)/t14-/m1/s1. The summed E-state index contributed by atoms with van der Waals surface area (Å²) < 4.78 is 39.9. The molecule has 0 fully saturated rings. The predicted molar refractivity (Wildman–Crippen MR) is 97.6 cm³/mol. The number of halogens is 3. The summed E-state index contributed by atoms with van der Waals surface area (Å²) in [7, 11) is 1.26. The first-order valence-electron chi connectivity index (χ1n) is 8.53. The predicted octanol–water partition coefficient (Wildman–Crippen LogP) is 3.87. The molecule has 1 aliphatic rings. The average molecular weight is 419 g/mol. The Morgan fingerprint density at radius 2 is 2.04 bits per heavy atom. The summed E-state index contributed by atoms with van der Waals surface area (Å²) >= 11 is 6.10. The highest BCUT2D eigenvalue weighted by Crippen LogP contribution is 2.41. The number of esters is 1. The van der Waals surface area contributed by atoms with E-state index < -0.39 is 24.7 Å². The summed E-state index contributed by atoms with van der Waals surface area (Å²) in [5.74, 6) is -0.999. The zero-order valence-electron chi connectivity index (χ0n) is 15.8. The van der Waals surface area contributed by atoms with Gasteiger partial charge in [0.1, 0.15) is 0 Å². The molecule has 154 valence electrons. The molecule has 2 rings (SSSR count). The molecule has 0 bridgehead atoms. The van der Waals surface area contributed by atoms with Gasteiger partial charge < -0.3 is 19.5 Å². The van der Waals surface area contributed by atoms with Crippen LogP contribution in [0.2, 0.25) is 5.02 Å². The molecule has 0 aliphatic carbocycles. The molecule has 0 unspecified atom stereocenters. The van der Waals surface area contributed by atoms with Gasteiger partial charge in [-0.15, -0.1) is 0 Å². The lowest BCUT2D eigenvalue weighted by molar-refractivity contribution is -0.139. The number of carbonyl (C=O) groups is 2. The molecule has 1 atom stereocenters. The third-order valence-corrected chi connectivity index (χ3v) is 4.48. The number of nitrogens with zero attached hydrogens (tertiary/aromatic N) is 1. The van der Waals surface area contributed by atoms with Crippen LogP contribution in [-0.2, 0) is 9.53 Å². The van der Waals surface area contributed by atoms with E-state index in [1.165, 1.54) is 24.1 Å². The van der Waals surface area contributed by atoms with Gasteiger partial charge in [0.25, 0.3) is 0 Å². The quantitative estimate of drug-likeness (QED) is 0.680. The summed E-state index contributed by atoms with van der Waals surface area (Å²) in [6.07, 6.45) is 0. The fourth-order valence-electron chi connectivity index (χ4n) is 3.00. The lowest BCUT2D eigenvalue weighted by Crippen LogP contribution is -2.47. The molecule has 0 radical (unpaired) electrons. The van der Waals surface area contributed by atoms with Gasteiger partial charge >= 0.3 is 18.6 Å². The molecule has 1 aliphatic heterocycles. The van der Waals surface area contributed by atoms with Crippen LogP contribution in [0, 0.1) is 0 Å². The Kier molecular flexibility index (Phi) is 7.06. The van der Waals surface area contributed by atoms with Crippen LogP contribution in [0.25, 0.3) is 0 Å². The summed E-state index contributed by atoms with van der Waals surface area (Å²) in [6.45, 7) is 2.46. The number of hydrogen-bond acceptors (Lipinski definition) is 5. The Hall–Kier alpha value is -2.55. The number of ether oxygens (including phenoxy) is 3. The number of nitrogens with one attached hydrogen (secondary N) is 1. The zero-order chi connectivity index (χ0) is 21.0. The monoisotopic (exact) mass is 418 g/mol. The van der Waals surface area contributed by atoms with Crippen molar-refractivity contribution in [1.29, 1.82) is 0 Å². The van der Waals surface area contributed by atoms with Crippen LogP contribution in [0.4, 0.5) is 13.6 Å². The number of hydrogen-bond donors (Lipinski definition) is 1. The van der Waals surface area contributed by atoms with Crippen molar-refractivity contribution in [2.75, 3.05) is 20.3 Å². The van der Waals surface area contributed by atoms with Gasteiger partial charge in [0.15, 0.2) is 11.5 Å². The van der Waals surface area contributed by atoms with Crippen LogP contribution in [-0.4, -0.2) is 43.8 Å². The van der Waals surface area contributed by atoms with Crippen LogP contribution < -0.4 is 14.8 Å². The van der Waals surface area contributed by atoms with Crippen molar-refractivity contribution in [1.82, 2.24) is 10.2 Å². The number of rotatable bonds is 7. The van der Waals surface area contributed by atoms with Gasteiger partial charge in [-0.1, -0.05) is 11.6 Å². The van der Waals surface area contributed by atoms with E-state index in [1.807, 2.05) is 0 Å². The van der Waals surface area contributed by atoms with Gasteiger partial charge in [-0.05, 0) is 38.5 Å². The molecule has 0 spiro atoms. The Morgan fingerprint density at radius 3 is 2.57 bits per heavy atom. The average Bonchev–Trinajstić information content (AvgIpc) is 2.62. The van der Waals surface area contributed by atoms with Crippen molar-refractivity contribution in [2.45, 2.75) is 33.4 Å². The van der Waals surface area contributed by atoms with Crippen molar-refractivity contribution in [2.24, 2.45) is 0 Å². The molecule has 10 heteroatoms. The normalized spacial score (nSPS) is 16.9. The Morgan fingerprint density at radius 1 is 1.36 bits per heavy atom. The number of methoxy groups -OCH3 is 1. The number of benzene rings is 1. The molecule has 1 N–H and O–H groups in total. The maximum absolute atomic E-state index is 12.6. The highest BCUT2D eigenvalue weighted by atomic mass is 35.5. The molecule has 1 aromatic carbocycles. The molecule has 0 aromatic heterocycles. The van der Waals surface area contributed by atoms with E-state index in [0.29, 0.717) is 17.8 Å². The molecular weight excluding hydrogens is 398 g/mol. The molecule has 1 aromatic rings. The van der Waals surface area contributed by atoms with E-state index in [1.54, 1.807) is 20.8 Å². The van der Waals surface area contributed by atoms with Gasteiger partial charge in [-0.3, -0.25) is 4.90 Å². The number of urea groups is 1. The summed E-state index contributed by atoms with van der Waals surface area (Å²) in [5.41, 5.74) is 0.997. The highest BCUT2D eigenvalue weighted by Gasteiger charge is 2.36. The number of carbonyl (C=O) groups excluding carboxylic acids is 2. The lowest BCUT2D eigenvalue weighted by Gasteiger charge is -2.35. The Labute approximate surface area is 166 Å². The molecular formula is C18H21ClF2N2O5. The lowest BCUT2D eigenvalue weighted by atomic mass is 9.94. The second-order valence-electron chi connectivity index (χ2n) is 5.76. The summed E-state index contributed by atoms with van der Waals surface area (Å²) in [4.78, 5) is 26.4. The molecule has 0 saturated carbocycles. The van der Waals surface area contributed by atoms with Gasteiger partial charge in [0, 0.05) is 12.2 Å². The molecule has 1 heterocycles. The second kappa shape index (κ2) is 9.09. The third-order valence-electron chi connectivity index (χ3n) is 4.20. The summed E-state index contributed by atoms with van der Waals surface area (Å²) in [5, 5.41) is 2.57. The van der Waals surface area contributed by atoms with Crippen molar-refractivity contribution in [3.05, 3.63) is 34.0 Å². The van der Waals surface area contributed by atoms with E-state index in [2.05, 4.69) is 10.1 Å². The largest absolute Gasteiger partial charge is 0.493 e. The van der Waals surface area contributed by atoms with Crippen LogP contribution in [0.15, 0.2) is 23.4 Å². The van der Waals surface area contributed by atoms with Crippen LogP contribution in [0.3, 0.4) is 0 Å². The van der Waals surface area contributed by atoms with Crippen LogP contribution in [0.1, 0.15) is 32.4 Å². The minimum atomic E-state index is -3.10.